The van der Waals surface area contributed by atoms with Gasteiger partial charge in [0, 0.05) is 30.3 Å². The van der Waals surface area contributed by atoms with Gasteiger partial charge < -0.3 is 5.73 Å². The molecule has 1 aliphatic heterocycles. The lowest BCUT2D eigenvalue weighted by Crippen LogP contribution is -2.42. The van der Waals surface area contributed by atoms with Crippen LogP contribution in [-0.4, -0.2) is 37.6 Å². The molecule has 1 unspecified atom stereocenters. The number of rotatable bonds is 5. The maximum absolute atomic E-state index is 13.2. The second-order valence-electron chi connectivity index (χ2n) is 6.79. The van der Waals surface area contributed by atoms with E-state index < -0.39 is 10.0 Å². The third-order valence-electron chi connectivity index (χ3n) is 5.03. The van der Waals surface area contributed by atoms with E-state index in [1.54, 1.807) is 42.5 Å². The molecular weight excluding hydrogens is 348 g/mol. The summed E-state index contributed by atoms with van der Waals surface area (Å²) in [6.45, 7) is 2.83. The van der Waals surface area contributed by atoms with Gasteiger partial charge in [0.05, 0.1) is 4.90 Å². The lowest BCUT2D eigenvalue weighted by atomic mass is 9.92. The van der Waals surface area contributed by atoms with Crippen LogP contribution >= 0.6 is 0 Å². The lowest BCUT2D eigenvalue weighted by molar-refractivity contribution is 0.103. The van der Waals surface area contributed by atoms with Crippen molar-refractivity contribution in [3.63, 3.8) is 0 Å². The highest BCUT2D eigenvalue weighted by atomic mass is 32.2. The average Bonchev–Trinajstić information content (AvgIpc) is 2.68. The highest BCUT2D eigenvalue weighted by molar-refractivity contribution is 7.89. The molecule has 5 nitrogen and oxygen atoms in total. The van der Waals surface area contributed by atoms with Crippen molar-refractivity contribution in [2.24, 2.45) is 11.7 Å². The summed E-state index contributed by atoms with van der Waals surface area (Å²) in [6.07, 6.45) is 1.48. The average molecular weight is 372 g/mol. The first-order valence-electron chi connectivity index (χ1n) is 8.86. The van der Waals surface area contributed by atoms with Gasteiger partial charge in [0.25, 0.3) is 0 Å². The number of carbonyl (C=O) groups is 1. The Labute approximate surface area is 154 Å². The van der Waals surface area contributed by atoms with E-state index in [9.17, 15) is 13.2 Å². The fourth-order valence-corrected chi connectivity index (χ4v) is 5.06. The van der Waals surface area contributed by atoms with Gasteiger partial charge in [-0.3, -0.25) is 4.79 Å². The summed E-state index contributed by atoms with van der Waals surface area (Å²) >= 11 is 0. The highest BCUT2D eigenvalue weighted by Crippen LogP contribution is 2.27. The second kappa shape index (κ2) is 7.70. The maximum atomic E-state index is 13.2. The molecular formula is C20H24N2O3S. The van der Waals surface area contributed by atoms with Crippen molar-refractivity contribution >= 4 is 15.8 Å². The van der Waals surface area contributed by atoms with E-state index in [0.29, 0.717) is 24.6 Å². The molecule has 2 aromatic carbocycles. The number of nitrogens with two attached hydrogens (primary N) is 1. The molecule has 2 aromatic rings. The zero-order valence-corrected chi connectivity index (χ0v) is 15.7. The summed E-state index contributed by atoms with van der Waals surface area (Å²) in [4.78, 5) is 12.9. The highest BCUT2D eigenvalue weighted by Gasteiger charge is 2.33. The molecule has 1 saturated heterocycles. The molecule has 138 valence electrons. The zero-order chi connectivity index (χ0) is 18.7. The minimum absolute atomic E-state index is 0.0619. The van der Waals surface area contributed by atoms with Gasteiger partial charge in [-0.2, -0.15) is 4.31 Å². The van der Waals surface area contributed by atoms with Gasteiger partial charge in [-0.25, -0.2) is 8.42 Å². The SMILES string of the molecule is CC(N)C1CCN(S(=O)(=O)c2ccccc2C(=O)c2ccccc2)CC1. The van der Waals surface area contributed by atoms with Crippen LogP contribution < -0.4 is 5.73 Å². The van der Waals surface area contributed by atoms with Crippen molar-refractivity contribution in [2.45, 2.75) is 30.7 Å². The van der Waals surface area contributed by atoms with Crippen LogP contribution in [0.5, 0.6) is 0 Å². The molecule has 1 heterocycles. The van der Waals surface area contributed by atoms with Crippen molar-refractivity contribution in [1.29, 1.82) is 0 Å². The summed E-state index contributed by atoms with van der Waals surface area (Å²) in [5, 5.41) is 0. The van der Waals surface area contributed by atoms with E-state index in [2.05, 4.69) is 0 Å². The quantitative estimate of drug-likeness (QED) is 0.818. The topological polar surface area (TPSA) is 80.5 Å². The predicted octanol–water partition coefficient (Wildman–Crippen LogP) is 2.67. The van der Waals surface area contributed by atoms with Crippen LogP contribution in [0.15, 0.2) is 59.5 Å². The van der Waals surface area contributed by atoms with Crippen molar-refractivity contribution in [1.82, 2.24) is 4.31 Å². The van der Waals surface area contributed by atoms with Crippen LogP contribution in [0.4, 0.5) is 0 Å². The van der Waals surface area contributed by atoms with Crippen molar-refractivity contribution in [3.05, 3.63) is 65.7 Å². The van der Waals surface area contributed by atoms with Gasteiger partial charge in [0.1, 0.15) is 0 Å². The molecule has 6 heteroatoms. The lowest BCUT2D eigenvalue weighted by Gasteiger charge is -2.33. The van der Waals surface area contributed by atoms with Crippen LogP contribution in [0.25, 0.3) is 0 Å². The number of piperidine rings is 1. The van der Waals surface area contributed by atoms with E-state index in [0.717, 1.165) is 12.8 Å². The second-order valence-corrected chi connectivity index (χ2v) is 8.70. The van der Waals surface area contributed by atoms with E-state index in [1.807, 2.05) is 13.0 Å². The molecule has 1 aliphatic rings. The Hall–Kier alpha value is -2.02. The first-order valence-corrected chi connectivity index (χ1v) is 10.3. The number of ketones is 1. The summed E-state index contributed by atoms with van der Waals surface area (Å²) < 4.78 is 27.8. The molecule has 3 rings (SSSR count). The molecule has 1 atom stereocenters. The van der Waals surface area contributed by atoms with E-state index in [1.165, 1.54) is 10.4 Å². The Balaban J connectivity index is 1.91. The first-order chi connectivity index (χ1) is 12.4. The number of carbonyl (C=O) groups excluding carboxylic acids is 1. The van der Waals surface area contributed by atoms with Crippen LogP contribution in [0.1, 0.15) is 35.7 Å². The Bertz CT molecular complexity index is 871. The normalized spacial score (nSPS) is 17.8. The number of hydrogen-bond donors (Lipinski definition) is 1. The summed E-state index contributed by atoms with van der Waals surface area (Å²) in [5.41, 5.74) is 6.64. The minimum atomic E-state index is -3.72. The molecule has 0 amide bonds. The summed E-state index contributed by atoms with van der Waals surface area (Å²) in [7, 11) is -3.72. The summed E-state index contributed by atoms with van der Waals surface area (Å²) in [5.74, 6) is 0.0536. The molecule has 0 aliphatic carbocycles. The Morgan fingerprint density at radius 2 is 1.62 bits per heavy atom. The third-order valence-corrected chi connectivity index (χ3v) is 6.98. The van der Waals surface area contributed by atoms with Crippen molar-refractivity contribution < 1.29 is 13.2 Å². The fourth-order valence-electron chi connectivity index (χ4n) is 3.41. The molecule has 0 bridgehead atoms. The van der Waals surface area contributed by atoms with Gasteiger partial charge in [-0.15, -0.1) is 0 Å². The number of nitrogens with zero attached hydrogens (tertiary/aromatic N) is 1. The fraction of sp³-hybridized carbons (Fsp3) is 0.350. The minimum Gasteiger partial charge on any atom is -0.328 e. The molecule has 0 saturated carbocycles. The predicted molar refractivity (Wildman–Crippen MR) is 101 cm³/mol. The molecule has 1 fully saturated rings. The van der Waals surface area contributed by atoms with Crippen LogP contribution in [0, 0.1) is 5.92 Å². The molecule has 0 spiro atoms. The molecule has 2 N–H and O–H groups in total. The molecule has 0 aromatic heterocycles. The molecule has 26 heavy (non-hydrogen) atoms. The number of benzene rings is 2. The van der Waals surface area contributed by atoms with Crippen molar-refractivity contribution in [2.75, 3.05) is 13.1 Å². The van der Waals surface area contributed by atoms with Crippen molar-refractivity contribution in [3.8, 4) is 0 Å². The third kappa shape index (κ3) is 3.72. The Morgan fingerprint density at radius 3 is 2.23 bits per heavy atom. The largest absolute Gasteiger partial charge is 0.328 e. The van der Waals surface area contributed by atoms with Gasteiger partial charge >= 0.3 is 0 Å². The maximum Gasteiger partial charge on any atom is 0.243 e. The zero-order valence-electron chi connectivity index (χ0n) is 14.8. The van der Waals surface area contributed by atoms with Crippen LogP contribution in [0.2, 0.25) is 0 Å². The van der Waals surface area contributed by atoms with Crippen LogP contribution in [0.3, 0.4) is 0 Å². The van der Waals surface area contributed by atoms with Gasteiger partial charge in [-0.1, -0.05) is 42.5 Å². The Kier molecular flexibility index (Phi) is 5.55. The van der Waals surface area contributed by atoms with E-state index >= 15 is 0 Å². The van der Waals surface area contributed by atoms with Gasteiger partial charge in [-0.05, 0) is 37.8 Å². The summed E-state index contributed by atoms with van der Waals surface area (Å²) in [6, 6.07) is 15.3. The standard InChI is InChI=1S/C20H24N2O3S/c1-15(21)16-11-13-22(14-12-16)26(24,25)19-10-6-5-9-18(19)20(23)17-7-3-2-4-8-17/h2-10,15-16H,11-14,21H2,1H3. The number of sulfonamides is 1. The van der Waals surface area contributed by atoms with Crippen LogP contribution in [-0.2, 0) is 10.0 Å². The van der Waals surface area contributed by atoms with E-state index in [-0.39, 0.29) is 22.3 Å². The smallest absolute Gasteiger partial charge is 0.243 e. The monoisotopic (exact) mass is 372 g/mol. The van der Waals surface area contributed by atoms with Gasteiger partial charge in [0.2, 0.25) is 10.0 Å². The van der Waals surface area contributed by atoms with E-state index in [4.69, 9.17) is 5.73 Å². The first kappa shape index (κ1) is 18.8. The number of hydrogen-bond acceptors (Lipinski definition) is 4. The Morgan fingerprint density at radius 1 is 1.04 bits per heavy atom. The molecule has 0 radical (unpaired) electrons. The van der Waals surface area contributed by atoms with Gasteiger partial charge in [0.15, 0.2) is 5.78 Å².